The minimum absolute atomic E-state index is 0.0674. The Labute approximate surface area is 162 Å². The van der Waals surface area contributed by atoms with Crippen LogP contribution in [0.3, 0.4) is 0 Å². The molecule has 2 rings (SSSR count). The molecule has 2 aromatic rings. The van der Waals surface area contributed by atoms with Crippen molar-refractivity contribution in [2.24, 2.45) is 0 Å². The van der Waals surface area contributed by atoms with Crippen molar-refractivity contribution in [3.05, 3.63) is 40.5 Å². The number of ketones is 1. The van der Waals surface area contributed by atoms with E-state index in [1.54, 1.807) is 19.9 Å². The van der Waals surface area contributed by atoms with Crippen LogP contribution in [0.4, 0.5) is 10.5 Å². The van der Waals surface area contributed by atoms with Crippen molar-refractivity contribution >= 4 is 29.2 Å². The summed E-state index contributed by atoms with van der Waals surface area (Å²) < 4.78 is 11.3. The van der Waals surface area contributed by atoms with Crippen molar-refractivity contribution in [3.63, 3.8) is 0 Å². The van der Waals surface area contributed by atoms with Gasteiger partial charge in [-0.2, -0.15) is 5.10 Å². The number of anilines is 1. The average Bonchev–Trinajstić information content (AvgIpc) is 3.02. The maximum atomic E-state index is 12.7. The fourth-order valence-corrected chi connectivity index (χ4v) is 2.74. The lowest BCUT2D eigenvalue weighted by atomic mass is 10.1. The molecule has 1 aromatic heterocycles. The molecule has 0 fully saturated rings. The second-order valence-electron chi connectivity index (χ2n) is 5.54. The monoisotopic (exact) mass is 395 g/mol. The van der Waals surface area contributed by atoms with Crippen LogP contribution in [0.1, 0.15) is 29.8 Å². The summed E-state index contributed by atoms with van der Waals surface area (Å²) >= 11 is 6.27. The quantitative estimate of drug-likeness (QED) is 0.545. The van der Waals surface area contributed by atoms with E-state index in [1.807, 2.05) is 0 Å². The number of aromatic hydroxyl groups is 1. The van der Waals surface area contributed by atoms with E-state index in [4.69, 9.17) is 21.1 Å². The Morgan fingerprint density at radius 1 is 1.26 bits per heavy atom. The van der Waals surface area contributed by atoms with Crippen LogP contribution in [0.15, 0.2) is 24.4 Å². The van der Waals surface area contributed by atoms with Gasteiger partial charge in [0.1, 0.15) is 12.2 Å². The molecule has 9 heteroatoms. The molecule has 0 radical (unpaired) electrons. The molecule has 27 heavy (non-hydrogen) atoms. The molecule has 146 valence electrons. The standard InChI is InChI=1S/C18H22ClN3O5/c1-4-21(18(25)27-9-8-26-3)12-6-7-13(15(19)10-12)16(23)14-11-20-22(5-2)17(14)24/h6-7,10-11,24H,4-5,8-9H2,1-3H3. The molecule has 0 aliphatic rings. The summed E-state index contributed by atoms with van der Waals surface area (Å²) in [6, 6.07) is 4.62. The van der Waals surface area contributed by atoms with Crippen LogP contribution in [0, 0.1) is 0 Å². The maximum Gasteiger partial charge on any atom is 0.414 e. The third kappa shape index (κ3) is 4.58. The summed E-state index contributed by atoms with van der Waals surface area (Å²) in [5, 5.41) is 14.2. The fourth-order valence-electron chi connectivity index (χ4n) is 2.48. The molecule has 0 aliphatic heterocycles. The molecule has 0 saturated heterocycles. The highest BCUT2D eigenvalue weighted by Gasteiger charge is 2.22. The van der Waals surface area contributed by atoms with Gasteiger partial charge >= 0.3 is 6.09 Å². The number of aryl methyl sites for hydroxylation is 1. The van der Waals surface area contributed by atoms with Gasteiger partial charge in [0.15, 0.2) is 0 Å². The average molecular weight is 396 g/mol. The van der Waals surface area contributed by atoms with Crippen molar-refractivity contribution < 1.29 is 24.2 Å². The SMILES string of the molecule is CCN(C(=O)OCCOC)c1ccc(C(=O)c2cnn(CC)c2O)c(Cl)c1. The zero-order chi connectivity index (χ0) is 20.0. The number of carbonyl (C=O) groups excluding carboxylic acids is 2. The lowest BCUT2D eigenvalue weighted by molar-refractivity contribution is 0.103. The first kappa shape index (κ1) is 20.7. The number of benzene rings is 1. The van der Waals surface area contributed by atoms with Crippen LogP contribution in [-0.2, 0) is 16.0 Å². The normalized spacial score (nSPS) is 10.7. The summed E-state index contributed by atoms with van der Waals surface area (Å²) in [5.74, 6) is -0.658. The van der Waals surface area contributed by atoms with E-state index in [-0.39, 0.29) is 28.6 Å². The minimum Gasteiger partial charge on any atom is -0.493 e. The first-order chi connectivity index (χ1) is 12.9. The number of hydrogen-bond acceptors (Lipinski definition) is 6. The molecule has 0 unspecified atom stereocenters. The summed E-state index contributed by atoms with van der Waals surface area (Å²) in [5.41, 5.74) is 0.767. The van der Waals surface area contributed by atoms with Gasteiger partial charge in [0, 0.05) is 31.5 Å². The Balaban J connectivity index is 2.24. The topological polar surface area (TPSA) is 93.9 Å². The number of hydrogen-bond donors (Lipinski definition) is 1. The largest absolute Gasteiger partial charge is 0.493 e. The zero-order valence-corrected chi connectivity index (χ0v) is 16.2. The Kier molecular flexibility index (Phi) is 7.20. The van der Waals surface area contributed by atoms with Gasteiger partial charge in [0.2, 0.25) is 11.7 Å². The Morgan fingerprint density at radius 3 is 2.56 bits per heavy atom. The number of halogens is 1. The van der Waals surface area contributed by atoms with Crippen LogP contribution >= 0.6 is 11.6 Å². The van der Waals surface area contributed by atoms with E-state index in [9.17, 15) is 14.7 Å². The van der Waals surface area contributed by atoms with Crippen LogP contribution < -0.4 is 4.90 Å². The van der Waals surface area contributed by atoms with Crippen LogP contribution in [0.2, 0.25) is 5.02 Å². The Morgan fingerprint density at radius 2 is 2.00 bits per heavy atom. The molecule has 1 amide bonds. The van der Waals surface area contributed by atoms with Crippen molar-refractivity contribution in [1.29, 1.82) is 0 Å². The zero-order valence-electron chi connectivity index (χ0n) is 15.4. The van der Waals surface area contributed by atoms with Gasteiger partial charge in [-0.05, 0) is 32.0 Å². The highest BCUT2D eigenvalue weighted by molar-refractivity contribution is 6.35. The van der Waals surface area contributed by atoms with Gasteiger partial charge in [-0.15, -0.1) is 0 Å². The van der Waals surface area contributed by atoms with Crippen LogP contribution in [-0.4, -0.2) is 53.6 Å². The molecule has 8 nitrogen and oxygen atoms in total. The predicted octanol–water partition coefficient (Wildman–Crippen LogP) is 3.10. The van der Waals surface area contributed by atoms with Gasteiger partial charge in [-0.3, -0.25) is 9.69 Å². The molecular formula is C18H22ClN3O5. The Bertz CT molecular complexity index is 821. The lowest BCUT2D eigenvalue weighted by Crippen LogP contribution is -2.32. The number of rotatable bonds is 8. The number of carbonyl (C=O) groups is 2. The van der Waals surface area contributed by atoms with E-state index < -0.39 is 11.9 Å². The lowest BCUT2D eigenvalue weighted by Gasteiger charge is -2.21. The van der Waals surface area contributed by atoms with Crippen molar-refractivity contribution in [1.82, 2.24) is 9.78 Å². The molecule has 1 N–H and O–H groups in total. The maximum absolute atomic E-state index is 12.7. The van der Waals surface area contributed by atoms with E-state index in [0.717, 1.165) is 0 Å². The predicted molar refractivity (Wildman–Crippen MR) is 101 cm³/mol. The smallest absolute Gasteiger partial charge is 0.414 e. The van der Waals surface area contributed by atoms with Crippen molar-refractivity contribution in [3.8, 4) is 5.88 Å². The molecule has 0 bridgehead atoms. The third-order valence-corrected chi connectivity index (χ3v) is 4.23. The third-order valence-electron chi connectivity index (χ3n) is 3.91. The molecule has 1 aromatic carbocycles. The molecule has 0 saturated carbocycles. The number of methoxy groups -OCH3 is 1. The Hall–Kier alpha value is -2.58. The van der Waals surface area contributed by atoms with Crippen LogP contribution in [0.5, 0.6) is 5.88 Å². The molecule has 0 atom stereocenters. The second kappa shape index (κ2) is 9.38. The highest BCUT2D eigenvalue weighted by Crippen LogP contribution is 2.28. The number of amides is 1. The first-order valence-corrected chi connectivity index (χ1v) is 8.84. The number of aromatic nitrogens is 2. The van der Waals surface area contributed by atoms with Crippen LogP contribution in [0.25, 0.3) is 0 Å². The molecule has 1 heterocycles. The summed E-state index contributed by atoms with van der Waals surface area (Å²) in [6.45, 7) is 4.82. The van der Waals surface area contributed by atoms with Gasteiger partial charge < -0.3 is 14.6 Å². The summed E-state index contributed by atoms with van der Waals surface area (Å²) in [7, 11) is 1.52. The highest BCUT2D eigenvalue weighted by atomic mass is 35.5. The second-order valence-corrected chi connectivity index (χ2v) is 5.95. The summed E-state index contributed by atoms with van der Waals surface area (Å²) in [6.07, 6.45) is 0.767. The number of nitrogens with zero attached hydrogens (tertiary/aromatic N) is 3. The van der Waals surface area contributed by atoms with Crippen molar-refractivity contribution in [2.75, 3.05) is 31.8 Å². The minimum atomic E-state index is -0.536. The first-order valence-electron chi connectivity index (χ1n) is 8.46. The van der Waals surface area contributed by atoms with E-state index in [2.05, 4.69) is 5.10 Å². The van der Waals surface area contributed by atoms with Gasteiger partial charge in [0.05, 0.1) is 17.8 Å². The fraction of sp³-hybridized carbons (Fsp3) is 0.389. The number of ether oxygens (including phenoxy) is 2. The van der Waals surface area contributed by atoms with Gasteiger partial charge in [0.25, 0.3) is 0 Å². The molecular weight excluding hydrogens is 374 g/mol. The van der Waals surface area contributed by atoms with Gasteiger partial charge in [-0.25, -0.2) is 9.48 Å². The van der Waals surface area contributed by atoms with Crippen molar-refractivity contribution in [2.45, 2.75) is 20.4 Å². The van der Waals surface area contributed by atoms with E-state index in [0.29, 0.717) is 25.4 Å². The van der Waals surface area contributed by atoms with E-state index in [1.165, 1.54) is 35.0 Å². The summed E-state index contributed by atoms with van der Waals surface area (Å²) in [4.78, 5) is 26.2. The molecule has 0 spiro atoms. The van der Waals surface area contributed by atoms with Gasteiger partial charge in [-0.1, -0.05) is 11.6 Å². The molecule has 0 aliphatic carbocycles. The van der Waals surface area contributed by atoms with E-state index >= 15 is 0 Å².